The maximum absolute atomic E-state index is 12.4. The Balaban J connectivity index is 1.57. The van der Waals surface area contributed by atoms with Gasteiger partial charge in [-0.1, -0.05) is 30.3 Å². The lowest BCUT2D eigenvalue weighted by Gasteiger charge is -2.14. The zero-order chi connectivity index (χ0) is 17.6. The maximum Gasteiger partial charge on any atom is 0.251 e. The summed E-state index contributed by atoms with van der Waals surface area (Å²) in [5.74, 6) is 0.624. The molecular weight excluding hydrogens is 332 g/mol. The number of nitrogens with zero attached hydrogens (tertiary/aromatic N) is 1. The summed E-state index contributed by atoms with van der Waals surface area (Å²) in [7, 11) is 0. The molecule has 0 fully saturated rings. The summed E-state index contributed by atoms with van der Waals surface area (Å²) in [5, 5.41) is 5.95. The number of rotatable bonds is 6. The second-order valence-electron chi connectivity index (χ2n) is 5.80. The van der Waals surface area contributed by atoms with Crippen LogP contribution in [0.5, 0.6) is 5.75 Å². The summed E-state index contributed by atoms with van der Waals surface area (Å²) < 4.78 is 5.71. The van der Waals surface area contributed by atoms with Gasteiger partial charge in [0.2, 0.25) is 0 Å². The van der Waals surface area contributed by atoms with Crippen LogP contribution in [-0.2, 0) is 6.61 Å². The van der Waals surface area contributed by atoms with Gasteiger partial charge in [0.1, 0.15) is 17.4 Å². The second-order valence-corrected chi connectivity index (χ2v) is 6.74. The highest BCUT2D eigenvalue weighted by Gasteiger charge is 2.11. The molecule has 1 amide bonds. The maximum atomic E-state index is 12.4. The molecule has 0 saturated heterocycles. The molecule has 4 nitrogen and oxygen atoms in total. The van der Waals surface area contributed by atoms with Crippen LogP contribution in [0.15, 0.2) is 60.0 Å². The average Bonchev–Trinajstić information content (AvgIpc) is 3.06. The first-order chi connectivity index (χ1) is 12.1. The number of amides is 1. The third-order valence-electron chi connectivity index (χ3n) is 3.79. The molecule has 2 aromatic carbocycles. The van der Waals surface area contributed by atoms with Gasteiger partial charge in [0, 0.05) is 16.6 Å². The zero-order valence-corrected chi connectivity index (χ0v) is 15.0. The highest BCUT2D eigenvalue weighted by atomic mass is 32.1. The number of hydrogen-bond acceptors (Lipinski definition) is 4. The number of hydrogen-bond donors (Lipinski definition) is 1. The number of ether oxygens (including phenoxy) is 1. The molecule has 25 heavy (non-hydrogen) atoms. The van der Waals surface area contributed by atoms with Crippen molar-refractivity contribution in [1.29, 1.82) is 0 Å². The SMILES string of the molecule is Cc1csc(COc2ccc(C(=O)NC(C)c3ccccc3)cc2)n1. The first-order valence-electron chi connectivity index (χ1n) is 8.11. The lowest BCUT2D eigenvalue weighted by atomic mass is 10.1. The van der Waals surface area contributed by atoms with E-state index in [0.29, 0.717) is 12.2 Å². The molecule has 1 N–H and O–H groups in total. The fourth-order valence-electron chi connectivity index (χ4n) is 2.42. The Hall–Kier alpha value is -2.66. The molecule has 128 valence electrons. The van der Waals surface area contributed by atoms with Gasteiger partial charge in [-0.15, -0.1) is 11.3 Å². The molecule has 0 radical (unpaired) electrons. The molecule has 1 aromatic heterocycles. The van der Waals surface area contributed by atoms with Gasteiger partial charge in [0.05, 0.1) is 6.04 Å². The van der Waals surface area contributed by atoms with E-state index < -0.39 is 0 Å². The van der Waals surface area contributed by atoms with E-state index in [1.54, 1.807) is 23.5 Å². The van der Waals surface area contributed by atoms with Crippen LogP contribution in [-0.4, -0.2) is 10.9 Å². The average molecular weight is 352 g/mol. The minimum absolute atomic E-state index is 0.0437. The minimum atomic E-state index is -0.0987. The van der Waals surface area contributed by atoms with E-state index in [-0.39, 0.29) is 11.9 Å². The van der Waals surface area contributed by atoms with Crippen LogP contribution in [0, 0.1) is 6.92 Å². The van der Waals surface area contributed by atoms with Crippen LogP contribution in [0.25, 0.3) is 0 Å². The van der Waals surface area contributed by atoms with E-state index in [2.05, 4.69) is 10.3 Å². The number of nitrogens with one attached hydrogen (secondary N) is 1. The molecule has 1 heterocycles. The van der Waals surface area contributed by atoms with Gasteiger partial charge >= 0.3 is 0 Å². The molecule has 3 rings (SSSR count). The smallest absolute Gasteiger partial charge is 0.251 e. The van der Waals surface area contributed by atoms with Crippen LogP contribution in [0.4, 0.5) is 0 Å². The van der Waals surface area contributed by atoms with Crippen molar-refractivity contribution in [2.24, 2.45) is 0 Å². The molecule has 3 aromatic rings. The van der Waals surface area contributed by atoms with Crippen LogP contribution in [0.2, 0.25) is 0 Å². The van der Waals surface area contributed by atoms with Crippen LogP contribution < -0.4 is 10.1 Å². The Kier molecular flexibility index (Phi) is 5.46. The van der Waals surface area contributed by atoms with Crippen LogP contribution in [0.1, 0.15) is 39.6 Å². The first-order valence-corrected chi connectivity index (χ1v) is 8.99. The molecule has 0 saturated carbocycles. The van der Waals surface area contributed by atoms with Crippen molar-refractivity contribution in [3.8, 4) is 5.75 Å². The van der Waals surface area contributed by atoms with E-state index in [1.807, 2.05) is 61.7 Å². The Labute approximate surface area is 151 Å². The number of benzene rings is 2. The van der Waals surface area contributed by atoms with Crippen molar-refractivity contribution >= 4 is 17.2 Å². The fourth-order valence-corrected chi connectivity index (χ4v) is 3.10. The Morgan fingerprint density at radius 1 is 1.16 bits per heavy atom. The third kappa shape index (κ3) is 4.67. The van der Waals surface area contributed by atoms with Gasteiger partial charge in [-0.25, -0.2) is 4.98 Å². The van der Waals surface area contributed by atoms with Gasteiger partial charge < -0.3 is 10.1 Å². The van der Waals surface area contributed by atoms with E-state index in [1.165, 1.54) is 0 Å². The van der Waals surface area contributed by atoms with E-state index >= 15 is 0 Å². The minimum Gasteiger partial charge on any atom is -0.486 e. The summed E-state index contributed by atoms with van der Waals surface area (Å²) in [4.78, 5) is 16.7. The molecule has 0 spiro atoms. The van der Waals surface area contributed by atoms with Gasteiger partial charge in [0.15, 0.2) is 0 Å². The predicted molar refractivity (Wildman–Crippen MR) is 99.9 cm³/mol. The largest absolute Gasteiger partial charge is 0.486 e. The zero-order valence-electron chi connectivity index (χ0n) is 14.2. The quantitative estimate of drug-likeness (QED) is 0.709. The highest BCUT2D eigenvalue weighted by molar-refractivity contribution is 7.09. The number of carbonyl (C=O) groups excluding carboxylic acids is 1. The predicted octanol–water partition coefficient (Wildman–Crippen LogP) is 4.52. The number of aryl methyl sites for hydroxylation is 1. The summed E-state index contributed by atoms with van der Waals surface area (Å²) in [6.45, 7) is 4.37. The van der Waals surface area contributed by atoms with Gasteiger partial charge in [-0.05, 0) is 43.7 Å². The van der Waals surface area contributed by atoms with E-state index in [9.17, 15) is 4.79 Å². The molecule has 5 heteroatoms. The lowest BCUT2D eigenvalue weighted by Crippen LogP contribution is -2.26. The Bertz CT molecular complexity index is 828. The fraction of sp³-hybridized carbons (Fsp3) is 0.200. The van der Waals surface area contributed by atoms with E-state index in [0.717, 1.165) is 22.0 Å². The van der Waals surface area contributed by atoms with Gasteiger partial charge in [-0.2, -0.15) is 0 Å². The van der Waals surface area contributed by atoms with Crippen molar-refractivity contribution in [3.63, 3.8) is 0 Å². The molecule has 0 aliphatic carbocycles. The molecule has 0 aliphatic heterocycles. The van der Waals surface area contributed by atoms with Crippen molar-refractivity contribution in [1.82, 2.24) is 10.3 Å². The second kappa shape index (κ2) is 7.94. The third-order valence-corrected chi connectivity index (χ3v) is 4.73. The molecule has 0 bridgehead atoms. The number of aromatic nitrogens is 1. The number of carbonyl (C=O) groups is 1. The standard InChI is InChI=1S/C20H20N2O2S/c1-14-13-25-19(21-14)12-24-18-10-8-17(9-11-18)20(23)22-15(2)16-6-4-3-5-7-16/h3-11,13,15H,12H2,1-2H3,(H,22,23). The molecular formula is C20H20N2O2S. The summed E-state index contributed by atoms with van der Waals surface area (Å²) in [6, 6.07) is 17.0. The summed E-state index contributed by atoms with van der Waals surface area (Å²) in [5.41, 5.74) is 2.69. The van der Waals surface area contributed by atoms with Crippen LogP contribution in [0.3, 0.4) is 0 Å². The molecule has 1 unspecified atom stereocenters. The molecule has 1 atom stereocenters. The Morgan fingerprint density at radius 3 is 2.52 bits per heavy atom. The first kappa shape index (κ1) is 17.2. The van der Waals surface area contributed by atoms with E-state index in [4.69, 9.17) is 4.74 Å². The Morgan fingerprint density at radius 2 is 1.88 bits per heavy atom. The monoisotopic (exact) mass is 352 g/mol. The highest BCUT2D eigenvalue weighted by Crippen LogP contribution is 2.17. The summed E-state index contributed by atoms with van der Waals surface area (Å²) in [6.07, 6.45) is 0. The van der Waals surface area contributed by atoms with Gasteiger partial charge in [-0.3, -0.25) is 4.79 Å². The van der Waals surface area contributed by atoms with Crippen molar-refractivity contribution in [3.05, 3.63) is 81.8 Å². The topological polar surface area (TPSA) is 51.2 Å². The van der Waals surface area contributed by atoms with Crippen LogP contribution >= 0.6 is 11.3 Å². The van der Waals surface area contributed by atoms with Crippen molar-refractivity contribution in [2.75, 3.05) is 0 Å². The summed E-state index contributed by atoms with van der Waals surface area (Å²) >= 11 is 1.58. The molecule has 0 aliphatic rings. The number of thiazole rings is 1. The van der Waals surface area contributed by atoms with Crippen molar-refractivity contribution in [2.45, 2.75) is 26.5 Å². The lowest BCUT2D eigenvalue weighted by molar-refractivity contribution is 0.0940. The van der Waals surface area contributed by atoms with Crippen molar-refractivity contribution < 1.29 is 9.53 Å². The van der Waals surface area contributed by atoms with Gasteiger partial charge in [0.25, 0.3) is 5.91 Å². The normalized spacial score (nSPS) is 11.8.